The maximum atomic E-state index is 12.1. The average Bonchev–Trinajstić information content (AvgIpc) is 2.77. The Bertz CT molecular complexity index is 1210. The van der Waals surface area contributed by atoms with E-state index in [-0.39, 0.29) is 18.3 Å². The van der Waals surface area contributed by atoms with E-state index in [0.717, 1.165) is 26.1 Å². The van der Waals surface area contributed by atoms with E-state index in [1.807, 2.05) is 32.0 Å². The van der Waals surface area contributed by atoms with Gasteiger partial charge in [-0.05, 0) is 72.3 Å². The monoisotopic (exact) mass is 630 g/mol. The summed E-state index contributed by atoms with van der Waals surface area (Å²) >= 11 is 15.6. The van der Waals surface area contributed by atoms with Crippen molar-refractivity contribution in [3.8, 4) is 11.5 Å². The number of nitrogens with one attached hydrogen (secondary N) is 1. The van der Waals surface area contributed by atoms with Crippen LogP contribution in [0.4, 0.5) is 0 Å². The molecule has 178 valence electrons. The fraction of sp³-hybridized carbons (Fsp3) is 0.217. The minimum atomic E-state index is -0.259. The highest BCUT2D eigenvalue weighted by molar-refractivity contribution is 14.1. The molecule has 0 bridgehead atoms. The highest BCUT2D eigenvalue weighted by atomic mass is 127. The first-order chi connectivity index (χ1) is 16.2. The average molecular weight is 631 g/mol. The number of nitrogens with zero attached hydrogens (tertiary/aromatic N) is 3. The van der Waals surface area contributed by atoms with Crippen molar-refractivity contribution in [1.82, 2.24) is 15.4 Å². The van der Waals surface area contributed by atoms with Crippen LogP contribution in [-0.2, 0) is 11.4 Å². The molecule has 7 nitrogen and oxygen atoms in total. The van der Waals surface area contributed by atoms with Gasteiger partial charge in [-0.15, -0.1) is 0 Å². The van der Waals surface area contributed by atoms with Crippen molar-refractivity contribution in [3.05, 3.63) is 72.5 Å². The zero-order valence-electron chi connectivity index (χ0n) is 18.6. The van der Waals surface area contributed by atoms with E-state index in [0.29, 0.717) is 26.7 Å². The van der Waals surface area contributed by atoms with Crippen LogP contribution >= 0.6 is 57.6 Å². The van der Waals surface area contributed by atoms with Gasteiger partial charge in [-0.3, -0.25) is 4.79 Å². The van der Waals surface area contributed by atoms with Gasteiger partial charge in [0, 0.05) is 27.0 Å². The molecule has 0 radical (unpaired) electrons. The summed E-state index contributed by atoms with van der Waals surface area (Å²) < 4.78 is 12.3. The van der Waals surface area contributed by atoms with Gasteiger partial charge in [-0.2, -0.15) is 5.10 Å². The lowest BCUT2D eigenvalue weighted by molar-refractivity contribution is -0.118. The molecule has 0 aliphatic heterocycles. The summed E-state index contributed by atoms with van der Waals surface area (Å²) in [4.78, 5) is 20.7. The van der Waals surface area contributed by atoms with E-state index < -0.39 is 0 Å². The van der Waals surface area contributed by atoms with Gasteiger partial charge in [0.15, 0.2) is 16.7 Å². The first-order valence-electron chi connectivity index (χ1n) is 9.96. The molecule has 3 aromatic rings. The molecule has 0 aliphatic carbocycles. The molecular formula is C23H21Cl2IN4O3S. The smallest absolute Gasteiger partial charge is 0.250 e. The first kappa shape index (κ1) is 26.5. The molecule has 1 aromatic heterocycles. The SMILES string of the molecule is COc1cc(/C=N\NC(=O)CSc2nc(C)cc(C)n2)cc(I)c1OCc1ccc(Cl)cc1Cl. The normalized spacial score (nSPS) is 11.0. The molecule has 0 unspecified atom stereocenters. The third-order valence-electron chi connectivity index (χ3n) is 4.34. The molecule has 0 aliphatic rings. The number of halogens is 3. The van der Waals surface area contributed by atoms with Crippen LogP contribution in [0.1, 0.15) is 22.5 Å². The molecule has 1 N–H and O–H groups in total. The predicted octanol–water partition coefficient (Wildman–Crippen LogP) is 5.83. The summed E-state index contributed by atoms with van der Waals surface area (Å²) in [6.45, 7) is 4.04. The number of aromatic nitrogens is 2. The Balaban J connectivity index is 1.60. The van der Waals surface area contributed by atoms with E-state index in [4.69, 9.17) is 32.7 Å². The predicted molar refractivity (Wildman–Crippen MR) is 144 cm³/mol. The summed E-state index contributed by atoms with van der Waals surface area (Å²) in [7, 11) is 1.56. The van der Waals surface area contributed by atoms with Crippen molar-refractivity contribution in [1.29, 1.82) is 0 Å². The number of rotatable bonds is 9. The molecule has 34 heavy (non-hydrogen) atoms. The Morgan fingerprint density at radius 2 is 1.91 bits per heavy atom. The van der Waals surface area contributed by atoms with E-state index in [2.05, 4.69) is 43.1 Å². The minimum absolute atomic E-state index is 0.154. The highest BCUT2D eigenvalue weighted by Gasteiger charge is 2.13. The molecule has 0 saturated carbocycles. The van der Waals surface area contributed by atoms with Gasteiger partial charge < -0.3 is 9.47 Å². The molecule has 0 spiro atoms. The van der Waals surface area contributed by atoms with Gasteiger partial charge >= 0.3 is 0 Å². The standard InChI is InChI=1S/C23H21Cl2IN4O3S/c1-13-6-14(2)29-23(28-13)34-12-21(31)30-27-10-15-7-19(26)22(20(8-15)32-3)33-11-16-4-5-17(24)9-18(16)25/h4-10H,11-12H2,1-3H3,(H,30,31)/b27-10-. The number of hydrogen-bond acceptors (Lipinski definition) is 7. The minimum Gasteiger partial charge on any atom is -0.493 e. The molecule has 0 atom stereocenters. The molecule has 1 amide bonds. The van der Waals surface area contributed by atoms with Gasteiger partial charge in [0.25, 0.3) is 5.91 Å². The fourth-order valence-corrected chi connectivity index (χ4v) is 4.83. The van der Waals surface area contributed by atoms with Crippen LogP contribution in [0.15, 0.2) is 46.7 Å². The third-order valence-corrected chi connectivity index (χ3v) is 6.57. The summed E-state index contributed by atoms with van der Waals surface area (Å²) in [6.07, 6.45) is 1.54. The first-order valence-corrected chi connectivity index (χ1v) is 12.8. The lowest BCUT2D eigenvalue weighted by Gasteiger charge is -2.14. The van der Waals surface area contributed by atoms with Crippen LogP contribution in [-0.4, -0.2) is 35.0 Å². The second kappa shape index (κ2) is 12.6. The molecule has 3 rings (SSSR count). The van der Waals surface area contributed by atoms with Gasteiger partial charge in [-0.25, -0.2) is 15.4 Å². The largest absolute Gasteiger partial charge is 0.493 e. The van der Waals surface area contributed by atoms with E-state index in [1.54, 1.807) is 31.5 Å². The summed E-state index contributed by atoms with van der Waals surface area (Å²) in [5.74, 6) is 1.01. The number of amides is 1. The maximum Gasteiger partial charge on any atom is 0.250 e. The second-order valence-corrected chi connectivity index (χ2v) is 10.0. The van der Waals surface area contributed by atoms with Crippen LogP contribution in [0.5, 0.6) is 11.5 Å². The Hall–Kier alpha value is -2.08. The van der Waals surface area contributed by atoms with Crippen molar-refractivity contribution >= 4 is 69.7 Å². The Morgan fingerprint density at radius 3 is 2.59 bits per heavy atom. The number of aryl methyl sites for hydroxylation is 2. The van der Waals surface area contributed by atoms with Crippen molar-refractivity contribution in [2.75, 3.05) is 12.9 Å². The number of hydrazone groups is 1. The van der Waals surface area contributed by atoms with Crippen LogP contribution in [0.25, 0.3) is 0 Å². The van der Waals surface area contributed by atoms with Crippen molar-refractivity contribution in [2.24, 2.45) is 5.10 Å². The summed E-state index contributed by atoms with van der Waals surface area (Å²) in [5, 5.41) is 5.70. The van der Waals surface area contributed by atoms with Crippen molar-refractivity contribution in [2.45, 2.75) is 25.6 Å². The third kappa shape index (κ3) is 7.72. The molecule has 11 heteroatoms. The molecular weight excluding hydrogens is 610 g/mol. The van der Waals surface area contributed by atoms with Crippen molar-refractivity contribution in [3.63, 3.8) is 0 Å². The Kier molecular flexibility index (Phi) is 9.81. The summed E-state index contributed by atoms with van der Waals surface area (Å²) in [6, 6.07) is 10.8. The van der Waals surface area contributed by atoms with Crippen LogP contribution in [0.3, 0.4) is 0 Å². The molecule has 2 aromatic carbocycles. The van der Waals surface area contributed by atoms with Crippen LogP contribution in [0.2, 0.25) is 10.0 Å². The molecule has 0 saturated heterocycles. The number of thioether (sulfide) groups is 1. The van der Waals surface area contributed by atoms with Gasteiger partial charge in [0.2, 0.25) is 0 Å². The van der Waals surface area contributed by atoms with Gasteiger partial charge in [-0.1, -0.05) is 41.0 Å². The number of benzene rings is 2. The van der Waals surface area contributed by atoms with E-state index >= 15 is 0 Å². The van der Waals surface area contributed by atoms with Gasteiger partial charge in [0.05, 0.1) is 22.6 Å². The Morgan fingerprint density at radius 1 is 1.18 bits per heavy atom. The van der Waals surface area contributed by atoms with Crippen LogP contribution in [0, 0.1) is 17.4 Å². The number of carbonyl (C=O) groups is 1. The number of methoxy groups -OCH3 is 1. The van der Waals surface area contributed by atoms with Crippen molar-refractivity contribution < 1.29 is 14.3 Å². The lowest BCUT2D eigenvalue weighted by atomic mass is 10.2. The summed E-state index contributed by atoms with van der Waals surface area (Å²) in [5.41, 5.74) is 5.78. The zero-order chi connectivity index (χ0) is 24.7. The second-order valence-electron chi connectivity index (χ2n) is 7.07. The highest BCUT2D eigenvalue weighted by Crippen LogP contribution is 2.35. The van der Waals surface area contributed by atoms with Gasteiger partial charge in [0.1, 0.15) is 6.61 Å². The van der Waals surface area contributed by atoms with E-state index in [9.17, 15) is 4.79 Å². The fourth-order valence-electron chi connectivity index (χ4n) is 2.84. The van der Waals surface area contributed by atoms with E-state index in [1.165, 1.54) is 11.8 Å². The maximum absolute atomic E-state index is 12.1. The lowest BCUT2D eigenvalue weighted by Crippen LogP contribution is -2.19. The quantitative estimate of drug-likeness (QED) is 0.105. The molecule has 1 heterocycles. The van der Waals surface area contributed by atoms with Crippen LogP contribution < -0.4 is 14.9 Å². The number of ether oxygens (including phenoxy) is 2. The zero-order valence-corrected chi connectivity index (χ0v) is 23.1. The molecule has 0 fully saturated rings. The number of carbonyl (C=O) groups excluding carboxylic acids is 1. The Labute approximate surface area is 225 Å². The topological polar surface area (TPSA) is 85.7 Å². The number of hydrogen-bond donors (Lipinski definition) is 1.